The molecule has 0 fully saturated rings. The number of rotatable bonds is 6. The summed E-state index contributed by atoms with van der Waals surface area (Å²) in [6, 6.07) is 4.26. The highest BCUT2D eigenvalue weighted by Crippen LogP contribution is 2.29. The fourth-order valence-corrected chi connectivity index (χ4v) is 1.41. The van der Waals surface area contributed by atoms with Crippen molar-refractivity contribution >= 4 is 11.4 Å². The summed E-state index contributed by atoms with van der Waals surface area (Å²) in [6.07, 6.45) is 0.671. The quantitative estimate of drug-likeness (QED) is 0.585. The van der Waals surface area contributed by atoms with Gasteiger partial charge < -0.3 is 15.2 Å². The fourth-order valence-electron chi connectivity index (χ4n) is 1.41. The van der Waals surface area contributed by atoms with Gasteiger partial charge in [0.25, 0.3) is 5.69 Å². The Bertz CT molecular complexity index is 391. The largest absolute Gasteiger partial charge is 0.497 e. The number of benzene rings is 1. The van der Waals surface area contributed by atoms with E-state index in [0.717, 1.165) is 0 Å². The Labute approximate surface area is 99.4 Å². The summed E-state index contributed by atoms with van der Waals surface area (Å²) in [5.74, 6) is 0.533. The van der Waals surface area contributed by atoms with Crippen LogP contribution >= 0.6 is 0 Å². The van der Waals surface area contributed by atoms with E-state index in [4.69, 9.17) is 9.84 Å². The maximum absolute atomic E-state index is 10.8. The van der Waals surface area contributed by atoms with Crippen LogP contribution in [0, 0.1) is 10.1 Å². The average Bonchev–Trinajstić information content (AvgIpc) is 2.35. The number of hydrogen-bond acceptors (Lipinski definition) is 5. The van der Waals surface area contributed by atoms with Gasteiger partial charge in [0.05, 0.1) is 18.6 Å². The lowest BCUT2D eigenvalue weighted by molar-refractivity contribution is -0.384. The van der Waals surface area contributed by atoms with Crippen LogP contribution in [0.1, 0.15) is 13.3 Å². The molecule has 1 rings (SSSR count). The smallest absolute Gasteiger partial charge is 0.292 e. The zero-order valence-corrected chi connectivity index (χ0v) is 9.84. The molecule has 2 N–H and O–H groups in total. The second kappa shape index (κ2) is 6.05. The Hall–Kier alpha value is -1.82. The minimum absolute atomic E-state index is 0.0299. The molecule has 94 valence electrons. The molecule has 0 aromatic heterocycles. The molecular formula is C11H16N2O4. The van der Waals surface area contributed by atoms with Crippen molar-refractivity contribution in [2.75, 3.05) is 19.0 Å². The predicted octanol–water partition coefficient (Wildman–Crippen LogP) is 1.79. The maximum Gasteiger partial charge on any atom is 0.292 e. The summed E-state index contributed by atoms with van der Waals surface area (Å²) in [6.45, 7) is 1.81. The molecule has 0 heterocycles. The topological polar surface area (TPSA) is 84.6 Å². The molecule has 1 atom stereocenters. The van der Waals surface area contributed by atoms with Gasteiger partial charge in [-0.25, -0.2) is 0 Å². The lowest BCUT2D eigenvalue weighted by Crippen LogP contribution is -2.23. The number of aliphatic hydroxyl groups excluding tert-OH is 1. The number of anilines is 1. The van der Waals surface area contributed by atoms with Gasteiger partial charge in [-0.2, -0.15) is 0 Å². The molecule has 0 saturated carbocycles. The second-order valence-electron chi connectivity index (χ2n) is 3.57. The molecule has 1 aromatic rings. The second-order valence-corrected chi connectivity index (χ2v) is 3.57. The molecule has 1 unspecified atom stereocenters. The molecule has 0 spiro atoms. The number of nitro benzene ring substituents is 1. The molecule has 0 saturated heterocycles. The predicted molar refractivity (Wildman–Crippen MR) is 64.4 cm³/mol. The van der Waals surface area contributed by atoms with Crippen molar-refractivity contribution in [1.82, 2.24) is 0 Å². The summed E-state index contributed by atoms with van der Waals surface area (Å²) in [4.78, 5) is 10.4. The number of nitrogens with one attached hydrogen (secondary N) is 1. The van der Waals surface area contributed by atoms with Crippen molar-refractivity contribution < 1.29 is 14.8 Å². The van der Waals surface area contributed by atoms with Gasteiger partial charge >= 0.3 is 0 Å². The summed E-state index contributed by atoms with van der Waals surface area (Å²) in [5, 5.41) is 22.9. The van der Waals surface area contributed by atoms with Crippen molar-refractivity contribution in [3.8, 4) is 5.75 Å². The first kappa shape index (κ1) is 13.2. The van der Waals surface area contributed by atoms with Gasteiger partial charge in [0, 0.05) is 18.2 Å². The number of nitro groups is 1. The Balaban J connectivity index is 3.04. The lowest BCUT2D eigenvalue weighted by Gasteiger charge is -2.16. The molecule has 0 aliphatic rings. The lowest BCUT2D eigenvalue weighted by atomic mass is 10.2. The van der Waals surface area contributed by atoms with Crippen LogP contribution < -0.4 is 10.1 Å². The van der Waals surface area contributed by atoms with Crippen molar-refractivity contribution in [1.29, 1.82) is 0 Å². The monoisotopic (exact) mass is 240 g/mol. The third-order valence-electron chi connectivity index (χ3n) is 2.47. The summed E-state index contributed by atoms with van der Waals surface area (Å²) in [5.41, 5.74) is 0.327. The van der Waals surface area contributed by atoms with Crippen LogP contribution in [0.25, 0.3) is 0 Å². The van der Waals surface area contributed by atoms with E-state index in [9.17, 15) is 10.1 Å². The normalized spacial score (nSPS) is 11.9. The van der Waals surface area contributed by atoms with Crippen LogP contribution in [0.15, 0.2) is 18.2 Å². The third kappa shape index (κ3) is 3.32. The van der Waals surface area contributed by atoms with E-state index in [1.165, 1.54) is 19.2 Å². The van der Waals surface area contributed by atoms with Gasteiger partial charge in [0.15, 0.2) is 0 Å². The standard InChI is InChI=1S/C11H16N2O4/c1-3-8(7-14)12-10-6-9(17-2)4-5-11(10)13(15)16/h4-6,8,12,14H,3,7H2,1-2H3. The van der Waals surface area contributed by atoms with Gasteiger partial charge in [-0.3, -0.25) is 10.1 Å². The van der Waals surface area contributed by atoms with Crippen LogP contribution in [0.3, 0.4) is 0 Å². The summed E-state index contributed by atoms with van der Waals surface area (Å²) >= 11 is 0. The molecule has 6 nitrogen and oxygen atoms in total. The molecular weight excluding hydrogens is 224 g/mol. The Kier molecular flexibility index (Phi) is 4.71. The number of methoxy groups -OCH3 is 1. The third-order valence-corrected chi connectivity index (χ3v) is 2.47. The van der Waals surface area contributed by atoms with Gasteiger partial charge in [0.1, 0.15) is 11.4 Å². The van der Waals surface area contributed by atoms with E-state index in [1.807, 2.05) is 6.92 Å². The van der Waals surface area contributed by atoms with E-state index >= 15 is 0 Å². The van der Waals surface area contributed by atoms with Gasteiger partial charge in [-0.05, 0) is 12.5 Å². The summed E-state index contributed by atoms with van der Waals surface area (Å²) in [7, 11) is 1.49. The molecule has 6 heteroatoms. The van der Waals surface area contributed by atoms with E-state index in [-0.39, 0.29) is 18.3 Å². The first-order valence-electron chi connectivity index (χ1n) is 5.32. The van der Waals surface area contributed by atoms with Crippen molar-refractivity contribution in [2.45, 2.75) is 19.4 Å². The zero-order valence-electron chi connectivity index (χ0n) is 9.84. The van der Waals surface area contributed by atoms with Crippen molar-refractivity contribution in [3.63, 3.8) is 0 Å². The Morgan fingerprint density at radius 1 is 1.59 bits per heavy atom. The highest BCUT2D eigenvalue weighted by Gasteiger charge is 2.16. The van der Waals surface area contributed by atoms with Crippen LogP contribution in [0.4, 0.5) is 11.4 Å². The minimum Gasteiger partial charge on any atom is -0.497 e. The molecule has 0 bridgehead atoms. The highest BCUT2D eigenvalue weighted by molar-refractivity contribution is 5.64. The SMILES string of the molecule is CCC(CO)Nc1cc(OC)ccc1[N+](=O)[O-]. The summed E-state index contributed by atoms with van der Waals surface area (Å²) < 4.78 is 5.01. The van der Waals surface area contributed by atoms with Gasteiger partial charge in [-0.15, -0.1) is 0 Å². The molecule has 0 aliphatic heterocycles. The average molecular weight is 240 g/mol. The molecule has 0 amide bonds. The van der Waals surface area contributed by atoms with E-state index in [0.29, 0.717) is 17.9 Å². The van der Waals surface area contributed by atoms with Crippen molar-refractivity contribution in [2.24, 2.45) is 0 Å². The molecule has 17 heavy (non-hydrogen) atoms. The minimum atomic E-state index is -0.466. The fraction of sp³-hybridized carbons (Fsp3) is 0.455. The van der Waals surface area contributed by atoms with Crippen molar-refractivity contribution in [3.05, 3.63) is 28.3 Å². The number of ether oxygens (including phenoxy) is 1. The number of nitrogens with zero attached hydrogens (tertiary/aromatic N) is 1. The first-order valence-corrected chi connectivity index (χ1v) is 5.32. The van der Waals surface area contributed by atoms with E-state index in [2.05, 4.69) is 5.32 Å². The molecule has 1 aromatic carbocycles. The molecule has 0 aliphatic carbocycles. The first-order chi connectivity index (χ1) is 8.12. The van der Waals surface area contributed by atoms with Crippen LogP contribution in [-0.4, -0.2) is 29.8 Å². The van der Waals surface area contributed by atoms with Gasteiger partial charge in [-0.1, -0.05) is 6.92 Å². The molecule has 0 radical (unpaired) electrons. The highest BCUT2D eigenvalue weighted by atomic mass is 16.6. The maximum atomic E-state index is 10.8. The van der Waals surface area contributed by atoms with Crippen LogP contribution in [0.5, 0.6) is 5.75 Å². The van der Waals surface area contributed by atoms with Crippen LogP contribution in [-0.2, 0) is 0 Å². The Morgan fingerprint density at radius 3 is 2.76 bits per heavy atom. The van der Waals surface area contributed by atoms with Gasteiger partial charge in [0.2, 0.25) is 0 Å². The van der Waals surface area contributed by atoms with E-state index < -0.39 is 4.92 Å². The number of hydrogen-bond donors (Lipinski definition) is 2. The van der Waals surface area contributed by atoms with E-state index in [1.54, 1.807) is 6.07 Å². The Morgan fingerprint density at radius 2 is 2.29 bits per heavy atom. The zero-order chi connectivity index (χ0) is 12.8. The van der Waals surface area contributed by atoms with Crippen LogP contribution in [0.2, 0.25) is 0 Å². The number of aliphatic hydroxyl groups is 1.